The Balaban J connectivity index is 1.51. The topological polar surface area (TPSA) is 183 Å². The zero-order valence-electron chi connectivity index (χ0n) is 22.0. The average Bonchev–Trinajstić information content (AvgIpc) is 3.39. The van der Waals surface area contributed by atoms with Crippen LogP contribution in [-0.4, -0.2) is 117 Å². The highest BCUT2D eigenvalue weighted by atomic mass is 32.2. The first kappa shape index (κ1) is 29.3. The minimum absolute atomic E-state index is 0.122. The molecule has 4 heterocycles. The number of aliphatic carboxylic acids is 1. The quantitative estimate of drug-likeness (QED) is 0.111. The van der Waals surface area contributed by atoms with Gasteiger partial charge in [0.05, 0.1) is 5.25 Å². The van der Waals surface area contributed by atoms with Crippen molar-refractivity contribution < 1.29 is 38.7 Å². The Bertz CT molecular complexity index is 1240. The lowest BCUT2D eigenvalue weighted by atomic mass is 10.0. The molecule has 40 heavy (non-hydrogen) atoms. The van der Waals surface area contributed by atoms with Gasteiger partial charge in [0.15, 0.2) is 22.3 Å². The lowest BCUT2D eigenvalue weighted by Gasteiger charge is -2.50. The Morgan fingerprint density at radius 1 is 1.27 bits per heavy atom. The van der Waals surface area contributed by atoms with Crippen LogP contribution in [0.25, 0.3) is 0 Å². The van der Waals surface area contributed by atoms with Crippen LogP contribution in [0.2, 0.25) is 0 Å². The van der Waals surface area contributed by atoms with Gasteiger partial charge in [-0.3, -0.25) is 19.3 Å². The summed E-state index contributed by atoms with van der Waals surface area (Å²) in [5.41, 5.74) is -0.515. The number of nitrogens with zero attached hydrogens (tertiary/aromatic N) is 5. The first-order valence-corrected chi connectivity index (χ1v) is 14.3. The van der Waals surface area contributed by atoms with Gasteiger partial charge in [-0.05, 0) is 20.4 Å². The summed E-state index contributed by atoms with van der Waals surface area (Å²) < 4.78 is 5.53. The monoisotopic (exact) mass is 595 g/mol. The van der Waals surface area contributed by atoms with Gasteiger partial charge in [0.25, 0.3) is 11.8 Å². The summed E-state index contributed by atoms with van der Waals surface area (Å²) in [6.07, 6.45) is 0.400. The third-order valence-electron chi connectivity index (χ3n) is 6.27. The molecule has 4 rings (SSSR count). The molecule has 0 bridgehead atoms. The molecular weight excluding hydrogens is 566 g/mol. The zero-order valence-corrected chi connectivity index (χ0v) is 23.6. The van der Waals surface area contributed by atoms with Crippen molar-refractivity contribution in [1.82, 2.24) is 25.0 Å². The van der Waals surface area contributed by atoms with Crippen LogP contribution in [0.3, 0.4) is 0 Å². The maximum Gasteiger partial charge on any atom is 0.415 e. The lowest BCUT2D eigenvalue weighted by Crippen LogP contribution is -2.71. The summed E-state index contributed by atoms with van der Waals surface area (Å²) in [5.74, 6) is -3.00. The van der Waals surface area contributed by atoms with E-state index in [1.807, 2.05) is 14.0 Å². The molecule has 2 unspecified atom stereocenters. The van der Waals surface area contributed by atoms with E-state index in [-0.39, 0.29) is 28.9 Å². The van der Waals surface area contributed by atoms with E-state index in [9.17, 15) is 29.1 Å². The predicted octanol–water partition coefficient (Wildman–Crippen LogP) is 0.311. The number of nitrogens with one attached hydrogen (secondary N) is 2. The second kappa shape index (κ2) is 12.6. The molecule has 17 heteroatoms. The maximum absolute atomic E-state index is 13.2. The highest BCUT2D eigenvalue weighted by Crippen LogP contribution is 2.44. The number of aromatic nitrogens is 1. The minimum Gasteiger partial charge on any atom is -0.476 e. The van der Waals surface area contributed by atoms with Crippen molar-refractivity contribution in [3.63, 3.8) is 0 Å². The standard InChI is InChI=1S/C23H29N7O8S2/c1-4-9-37-27-14(13-10-39-22(25-13)24-11-31)18(32)26-15-19(33)30-16(21(34)35)17(12(2)40-20(15)30)38-23(36)29-7-5-28(3)6-8-29/h10-12,15,20H,4-9H2,1-3H3,(H,26,32)(H,34,35)(H,24,25,31)/t12?,15?,20-/m1/s1. The Labute approximate surface area is 237 Å². The fourth-order valence-corrected chi connectivity index (χ4v) is 6.19. The molecule has 3 aliphatic rings. The van der Waals surface area contributed by atoms with Crippen molar-refractivity contribution >= 4 is 64.2 Å². The van der Waals surface area contributed by atoms with E-state index in [0.717, 1.165) is 16.2 Å². The number of rotatable bonds is 10. The van der Waals surface area contributed by atoms with Crippen molar-refractivity contribution in [2.24, 2.45) is 5.16 Å². The maximum atomic E-state index is 13.2. The molecule has 216 valence electrons. The highest BCUT2D eigenvalue weighted by Gasteiger charge is 2.57. The predicted molar refractivity (Wildman–Crippen MR) is 144 cm³/mol. The van der Waals surface area contributed by atoms with Crippen molar-refractivity contribution in [2.45, 2.75) is 36.9 Å². The van der Waals surface area contributed by atoms with Gasteiger partial charge in [-0.1, -0.05) is 12.1 Å². The first-order valence-electron chi connectivity index (χ1n) is 12.4. The van der Waals surface area contributed by atoms with Crippen LogP contribution < -0.4 is 10.6 Å². The second-order valence-electron chi connectivity index (χ2n) is 9.08. The second-order valence-corrected chi connectivity index (χ2v) is 11.4. The zero-order chi connectivity index (χ0) is 29.0. The number of likely N-dealkylation sites (N-methyl/N-ethyl adjacent to an activating group) is 1. The number of piperazine rings is 1. The van der Waals surface area contributed by atoms with E-state index < -0.39 is 46.2 Å². The number of carboxylic acids is 1. The van der Waals surface area contributed by atoms with E-state index in [2.05, 4.69) is 25.7 Å². The van der Waals surface area contributed by atoms with Gasteiger partial charge in [-0.25, -0.2) is 14.6 Å². The molecule has 2 saturated heterocycles. The molecule has 1 aromatic heterocycles. The van der Waals surface area contributed by atoms with Crippen molar-refractivity contribution in [3.8, 4) is 0 Å². The van der Waals surface area contributed by atoms with Crippen LogP contribution in [0.4, 0.5) is 9.93 Å². The van der Waals surface area contributed by atoms with Crippen molar-refractivity contribution in [2.75, 3.05) is 45.2 Å². The van der Waals surface area contributed by atoms with Gasteiger partial charge in [0, 0.05) is 31.6 Å². The molecule has 0 saturated carbocycles. The molecule has 1 aromatic rings. The number of fused-ring (bicyclic) bond motifs is 1. The highest BCUT2D eigenvalue weighted by molar-refractivity contribution is 8.00. The van der Waals surface area contributed by atoms with E-state index in [1.165, 1.54) is 22.0 Å². The molecule has 15 nitrogen and oxygen atoms in total. The summed E-state index contributed by atoms with van der Waals surface area (Å²) in [6, 6.07) is -1.08. The third-order valence-corrected chi connectivity index (χ3v) is 8.43. The first-order chi connectivity index (χ1) is 19.2. The van der Waals surface area contributed by atoms with Crippen LogP contribution in [0.15, 0.2) is 22.0 Å². The molecule has 3 atom stereocenters. The van der Waals surface area contributed by atoms with Gasteiger partial charge in [-0.15, -0.1) is 23.1 Å². The van der Waals surface area contributed by atoms with Crippen molar-refractivity contribution in [1.29, 1.82) is 0 Å². The number of thioether (sulfide) groups is 1. The number of carboxylic acid groups (broad SMARTS) is 1. The summed E-state index contributed by atoms with van der Waals surface area (Å²) >= 11 is 2.25. The third kappa shape index (κ3) is 6.05. The number of hydrogen-bond donors (Lipinski definition) is 3. The summed E-state index contributed by atoms with van der Waals surface area (Å²) in [5, 5.41) is 19.2. The molecule has 0 radical (unpaired) electrons. The fourth-order valence-electron chi connectivity index (χ4n) is 4.16. The van der Waals surface area contributed by atoms with E-state index in [0.29, 0.717) is 39.0 Å². The van der Waals surface area contributed by atoms with Gasteiger partial charge >= 0.3 is 12.1 Å². The van der Waals surface area contributed by atoms with E-state index in [1.54, 1.807) is 6.92 Å². The molecule has 2 fully saturated rings. The SMILES string of the molecule is CCCON=C(C(=O)NC1C(=O)N2C(C(=O)O)=C(OC(=O)N3CCN(C)CC3)C(C)S[C@H]12)c1csc(NC=O)n1. The Morgan fingerprint density at radius 3 is 2.65 bits per heavy atom. The number of thiazole rings is 1. The molecule has 0 spiro atoms. The Morgan fingerprint density at radius 2 is 2.00 bits per heavy atom. The number of carbonyl (C=O) groups excluding carboxylic acids is 4. The molecule has 4 amide bonds. The summed E-state index contributed by atoms with van der Waals surface area (Å²) in [6.45, 7) is 5.94. The van der Waals surface area contributed by atoms with Crippen LogP contribution in [0, 0.1) is 0 Å². The number of ether oxygens (including phenoxy) is 1. The van der Waals surface area contributed by atoms with Gasteiger partial charge < -0.3 is 35.1 Å². The van der Waals surface area contributed by atoms with E-state index >= 15 is 0 Å². The van der Waals surface area contributed by atoms with E-state index in [4.69, 9.17) is 9.57 Å². The fraction of sp³-hybridized carbons (Fsp3) is 0.522. The molecule has 3 aliphatic heterocycles. The molecule has 0 aromatic carbocycles. The number of amides is 4. The Hall–Kier alpha value is -3.70. The normalized spacial score (nSPS) is 23.2. The van der Waals surface area contributed by atoms with Crippen LogP contribution in [0.1, 0.15) is 26.0 Å². The Kier molecular flexibility index (Phi) is 9.26. The number of oxime groups is 1. The smallest absolute Gasteiger partial charge is 0.415 e. The lowest BCUT2D eigenvalue weighted by molar-refractivity contribution is -0.150. The largest absolute Gasteiger partial charge is 0.476 e. The molecule has 0 aliphatic carbocycles. The number of hydrogen-bond acceptors (Lipinski definition) is 12. The summed E-state index contributed by atoms with van der Waals surface area (Å²) in [4.78, 5) is 76.0. The minimum atomic E-state index is -1.43. The van der Waals surface area contributed by atoms with Crippen LogP contribution in [0.5, 0.6) is 0 Å². The van der Waals surface area contributed by atoms with Crippen LogP contribution in [-0.2, 0) is 28.8 Å². The van der Waals surface area contributed by atoms with Crippen molar-refractivity contribution in [3.05, 3.63) is 22.5 Å². The number of carbonyl (C=O) groups is 5. The summed E-state index contributed by atoms with van der Waals surface area (Å²) in [7, 11) is 1.94. The molecule has 3 N–H and O–H groups in total. The number of anilines is 1. The number of β-lactam (4-membered cyclic amide) rings is 1. The van der Waals surface area contributed by atoms with Gasteiger partial charge in [0.1, 0.15) is 23.7 Å². The average molecular weight is 596 g/mol. The van der Waals surface area contributed by atoms with Crippen LogP contribution >= 0.6 is 23.1 Å². The molecular formula is C23H29N7O8S2. The van der Waals surface area contributed by atoms with Gasteiger partial charge in [-0.2, -0.15) is 0 Å². The van der Waals surface area contributed by atoms with Gasteiger partial charge in [0.2, 0.25) is 6.41 Å².